The van der Waals surface area contributed by atoms with Crippen molar-refractivity contribution >= 4 is 29.1 Å². The number of nitrogens with one attached hydrogen (secondary N) is 2. The lowest BCUT2D eigenvalue weighted by Crippen LogP contribution is -2.27. The number of nitrogens with zero attached hydrogens (tertiary/aromatic N) is 1. The molecule has 0 saturated carbocycles. The number of carbonyl (C=O) groups excluding carboxylic acids is 3. The summed E-state index contributed by atoms with van der Waals surface area (Å²) >= 11 is 0. The molecule has 8 nitrogen and oxygen atoms in total. The van der Waals surface area contributed by atoms with E-state index < -0.39 is 0 Å². The Bertz CT molecular complexity index is 1200. The van der Waals surface area contributed by atoms with Crippen molar-refractivity contribution in [3.63, 3.8) is 0 Å². The SMILES string of the molecule is COc1cccc(NC(=O)COc2ccc(C(=O)Nc3cccc(C(=O)N4CCCC4)c3)cc2)c1. The van der Waals surface area contributed by atoms with E-state index in [1.165, 1.54) is 0 Å². The second-order valence-corrected chi connectivity index (χ2v) is 8.13. The Morgan fingerprint density at radius 2 is 1.49 bits per heavy atom. The number of hydrogen-bond donors (Lipinski definition) is 2. The fourth-order valence-electron chi connectivity index (χ4n) is 3.79. The van der Waals surface area contributed by atoms with Gasteiger partial charge in [0, 0.05) is 41.7 Å². The highest BCUT2D eigenvalue weighted by molar-refractivity contribution is 6.05. The van der Waals surface area contributed by atoms with Crippen LogP contribution in [0.15, 0.2) is 72.8 Å². The van der Waals surface area contributed by atoms with Crippen molar-refractivity contribution in [2.75, 3.05) is 37.4 Å². The van der Waals surface area contributed by atoms with Crippen LogP contribution in [0, 0.1) is 0 Å². The molecule has 0 aliphatic carbocycles. The summed E-state index contributed by atoms with van der Waals surface area (Å²) < 4.78 is 10.7. The fraction of sp³-hybridized carbons (Fsp3) is 0.222. The molecule has 4 rings (SSSR count). The molecule has 0 aromatic heterocycles. The number of benzene rings is 3. The van der Waals surface area contributed by atoms with Crippen molar-refractivity contribution in [1.82, 2.24) is 4.90 Å². The maximum atomic E-state index is 12.7. The standard InChI is InChI=1S/C27H27N3O5/c1-34-24-9-5-8-22(17-24)28-25(31)18-35-23-12-10-19(11-13-23)26(32)29-21-7-4-6-20(16-21)27(33)30-14-2-3-15-30/h4-13,16-17H,2-3,14-15,18H2,1H3,(H,28,31)(H,29,32). The highest BCUT2D eigenvalue weighted by atomic mass is 16.5. The van der Waals surface area contributed by atoms with Crippen LogP contribution in [-0.2, 0) is 4.79 Å². The average molecular weight is 474 g/mol. The predicted octanol–water partition coefficient (Wildman–Crippen LogP) is 4.20. The van der Waals surface area contributed by atoms with E-state index >= 15 is 0 Å². The topological polar surface area (TPSA) is 97.0 Å². The monoisotopic (exact) mass is 473 g/mol. The Hall–Kier alpha value is -4.33. The van der Waals surface area contributed by atoms with Gasteiger partial charge in [0.15, 0.2) is 6.61 Å². The smallest absolute Gasteiger partial charge is 0.262 e. The van der Waals surface area contributed by atoms with Crippen LogP contribution < -0.4 is 20.1 Å². The Labute approximate surface area is 203 Å². The van der Waals surface area contributed by atoms with E-state index in [0.717, 1.165) is 25.9 Å². The third kappa shape index (κ3) is 6.38. The summed E-state index contributed by atoms with van der Waals surface area (Å²) in [4.78, 5) is 39.2. The van der Waals surface area contributed by atoms with Crippen molar-refractivity contribution in [1.29, 1.82) is 0 Å². The van der Waals surface area contributed by atoms with Crippen LogP contribution in [0.4, 0.5) is 11.4 Å². The molecule has 1 fully saturated rings. The molecule has 3 amide bonds. The zero-order chi connectivity index (χ0) is 24.6. The second-order valence-electron chi connectivity index (χ2n) is 8.13. The first-order chi connectivity index (χ1) is 17.0. The lowest BCUT2D eigenvalue weighted by atomic mass is 10.1. The number of ether oxygens (including phenoxy) is 2. The molecule has 0 bridgehead atoms. The normalized spacial score (nSPS) is 12.7. The third-order valence-electron chi connectivity index (χ3n) is 5.60. The molecular weight excluding hydrogens is 446 g/mol. The van der Waals surface area contributed by atoms with Crippen LogP contribution in [0.1, 0.15) is 33.6 Å². The van der Waals surface area contributed by atoms with E-state index in [2.05, 4.69) is 10.6 Å². The predicted molar refractivity (Wildman–Crippen MR) is 133 cm³/mol. The minimum absolute atomic E-state index is 0.0180. The molecule has 1 aliphatic heterocycles. The van der Waals surface area contributed by atoms with Gasteiger partial charge in [-0.25, -0.2) is 0 Å². The summed E-state index contributed by atoms with van der Waals surface area (Å²) in [5, 5.41) is 5.56. The minimum atomic E-state index is -0.316. The number of likely N-dealkylation sites (tertiary alicyclic amines) is 1. The van der Waals surface area contributed by atoms with Gasteiger partial charge >= 0.3 is 0 Å². The Morgan fingerprint density at radius 3 is 2.20 bits per heavy atom. The molecule has 3 aromatic carbocycles. The molecule has 2 N–H and O–H groups in total. The Kier molecular flexibility index (Phi) is 7.62. The van der Waals surface area contributed by atoms with Crippen LogP contribution in [0.25, 0.3) is 0 Å². The number of methoxy groups -OCH3 is 1. The van der Waals surface area contributed by atoms with Gasteiger partial charge < -0.3 is 25.0 Å². The first-order valence-corrected chi connectivity index (χ1v) is 11.4. The lowest BCUT2D eigenvalue weighted by Gasteiger charge is -2.15. The van der Waals surface area contributed by atoms with Crippen LogP contribution in [0.5, 0.6) is 11.5 Å². The lowest BCUT2D eigenvalue weighted by molar-refractivity contribution is -0.118. The van der Waals surface area contributed by atoms with Gasteiger partial charge in [0.05, 0.1) is 7.11 Å². The molecule has 0 atom stereocenters. The minimum Gasteiger partial charge on any atom is -0.497 e. The first kappa shape index (κ1) is 23.8. The zero-order valence-electron chi connectivity index (χ0n) is 19.5. The summed E-state index contributed by atoms with van der Waals surface area (Å²) in [7, 11) is 1.56. The van der Waals surface area contributed by atoms with E-state index in [-0.39, 0.29) is 24.3 Å². The molecule has 0 unspecified atom stereocenters. The van der Waals surface area contributed by atoms with Crippen LogP contribution in [0.2, 0.25) is 0 Å². The van der Waals surface area contributed by atoms with Crippen LogP contribution in [-0.4, -0.2) is 49.4 Å². The van der Waals surface area contributed by atoms with Gasteiger partial charge in [-0.05, 0) is 67.4 Å². The maximum Gasteiger partial charge on any atom is 0.262 e. The van der Waals surface area contributed by atoms with Gasteiger partial charge in [0.1, 0.15) is 11.5 Å². The Balaban J connectivity index is 1.29. The largest absolute Gasteiger partial charge is 0.497 e. The summed E-state index contributed by atoms with van der Waals surface area (Å²) in [6, 6.07) is 20.5. The number of rotatable bonds is 8. The molecule has 1 saturated heterocycles. The van der Waals surface area contributed by atoms with Gasteiger partial charge in [0.25, 0.3) is 17.7 Å². The van der Waals surface area contributed by atoms with Crippen molar-refractivity contribution in [3.8, 4) is 11.5 Å². The quantitative estimate of drug-likeness (QED) is 0.511. The molecule has 0 radical (unpaired) electrons. The maximum absolute atomic E-state index is 12.7. The Morgan fingerprint density at radius 1 is 0.800 bits per heavy atom. The van der Waals surface area contributed by atoms with E-state index in [4.69, 9.17) is 9.47 Å². The van der Waals surface area contributed by atoms with Crippen molar-refractivity contribution < 1.29 is 23.9 Å². The number of carbonyl (C=O) groups is 3. The molecule has 0 spiro atoms. The number of amides is 3. The van der Waals surface area contributed by atoms with E-state index in [9.17, 15) is 14.4 Å². The van der Waals surface area contributed by atoms with Gasteiger partial charge in [-0.15, -0.1) is 0 Å². The van der Waals surface area contributed by atoms with Gasteiger partial charge in [-0.1, -0.05) is 12.1 Å². The van der Waals surface area contributed by atoms with Crippen LogP contribution in [0.3, 0.4) is 0 Å². The van der Waals surface area contributed by atoms with Gasteiger partial charge in [-0.3, -0.25) is 14.4 Å². The van der Waals surface area contributed by atoms with E-state index in [1.54, 1.807) is 79.9 Å². The molecular formula is C27H27N3O5. The third-order valence-corrected chi connectivity index (χ3v) is 5.60. The number of anilines is 2. The highest BCUT2D eigenvalue weighted by Crippen LogP contribution is 2.19. The van der Waals surface area contributed by atoms with E-state index in [0.29, 0.717) is 34.0 Å². The summed E-state index contributed by atoms with van der Waals surface area (Å²) in [6.45, 7) is 1.36. The molecule has 35 heavy (non-hydrogen) atoms. The van der Waals surface area contributed by atoms with Crippen molar-refractivity contribution in [2.45, 2.75) is 12.8 Å². The number of hydrogen-bond acceptors (Lipinski definition) is 5. The average Bonchev–Trinajstić information content (AvgIpc) is 3.43. The molecule has 1 heterocycles. The van der Waals surface area contributed by atoms with Crippen LogP contribution >= 0.6 is 0 Å². The summed E-state index contributed by atoms with van der Waals surface area (Å²) in [6.07, 6.45) is 2.05. The zero-order valence-corrected chi connectivity index (χ0v) is 19.5. The summed E-state index contributed by atoms with van der Waals surface area (Å²) in [5.74, 6) is 0.458. The second kappa shape index (κ2) is 11.2. The van der Waals surface area contributed by atoms with Crippen molar-refractivity contribution in [3.05, 3.63) is 83.9 Å². The first-order valence-electron chi connectivity index (χ1n) is 11.4. The molecule has 3 aromatic rings. The summed E-state index contributed by atoms with van der Waals surface area (Å²) in [5.41, 5.74) is 2.14. The van der Waals surface area contributed by atoms with Gasteiger partial charge in [-0.2, -0.15) is 0 Å². The van der Waals surface area contributed by atoms with Gasteiger partial charge in [0.2, 0.25) is 0 Å². The van der Waals surface area contributed by atoms with E-state index in [1.807, 2.05) is 4.90 Å². The fourth-order valence-corrected chi connectivity index (χ4v) is 3.79. The van der Waals surface area contributed by atoms with Crippen molar-refractivity contribution in [2.24, 2.45) is 0 Å². The molecule has 1 aliphatic rings. The highest BCUT2D eigenvalue weighted by Gasteiger charge is 2.19. The molecule has 8 heteroatoms. The molecule has 180 valence electrons.